The molecular formula is C19H17N3O4S. The summed E-state index contributed by atoms with van der Waals surface area (Å²) >= 11 is 1.29. The van der Waals surface area contributed by atoms with E-state index >= 15 is 0 Å². The molecule has 1 atom stereocenters. The zero-order valence-electron chi connectivity index (χ0n) is 14.5. The van der Waals surface area contributed by atoms with Crippen LogP contribution in [0, 0.1) is 10.1 Å². The molecule has 0 aliphatic heterocycles. The lowest BCUT2D eigenvalue weighted by Gasteiger charge is -2.10. The number of thioether (sulfide) groups is 1. The predicted octanol–water partition coefficient (Wildman–Crippen LogP) is 4.00. The Hall–Kier alpha value is -3.13. The highest BCUT2D eigenvalue weighted by molar-refractivity contribution is 8.00. The Morgan fingerprint density at radius 1 is 1.19 bits per heavy atom. The summed E-state index contributed by atoms with van der Waals surface area (Å²) < 4.78 is 7.05. The van der Waals surface area contributed by atoms with Crippen LogP contribution in [-0.4, -0.2) is 25.9 Å². The van der Waals surface area contributed by atoms with E-state index in [0.29, 0.717) is 5.69 Å². The lowest BCUT2D eigenvalue weighted by atomic mass is 10.3. The highest BCUT2D eigenvalue weighted by Crippen LogP contribution is 2.26. The summed E-state index contributed by atoms with van der Waals surface area (Å²) in [4.78, 5) is 23.2. The number of carbonyl (C=O) groups is 1. The number of ether oxygens (including phenoxy) is 1. The number of esters is 1. The molecule has 3 aromatic rings. The Kier molecular flexibility index (Phi) is 5.87. The third-order valence-corrected chi connectivity index (χ3v) is 4.81. The number of rotatable bonds is 7. The number of hydrogen-bond acceptors (Lipinski definition) is 6. The monoisotopic (exact) mass is 383 g/mol. The van der Waals surface area contributed by atoms with Crippen molar-refractivity contribution < 1.29 is 14.5 Å². The molecule has 0 saturated heterocycles. The van der Waals surface area contributed by atoms with Gasteiger partial charge < -0.3 is 4.74 Å². The molecule has 0 radical (unpaired) electrons. The number of carbonyl (C=O) groups excluding carboxylic acids is 1. The standard InChI is InChI=1S/C19H17N3O4S/c1-14(27-18-9-7-17(8-10-18)22(24)25)19(23)26-13-15-11-12-21(20-15)16-5-3-2-4-6-16/h2-12,14H,13H2,1H3. The van der Waals surface area contributed by atoms with Gasteiger partial charge in [0.05, 0.1) is 10.6 Å². The minimum Gasteiger partial charge on any atom is -0.458 e. The Balaban J connectivity index is 1.53. The van der Waals surface area contributed by atoms with Gasteiger partial charge in [0.1, 0.15) is 17.6 Å². The Bertz CT molecular complexity index is 926. The highest BCUT2D eigenvalue weighted by Gasteiger charge is 2.17. The maximum Gasteiger partial charge on any atom is 0.319 e. The maximum absolute atomic E-state index is 12.2. The van der Waals surface area contributed by atoms with Gasteiger partial charge in [0, 0.05) is 23.2 Å². The van der Waals surface area contributed by atoms with E-state index in [2.05, 4.69) is 5.10 Å². The van der Waals surface area contributed by atoms with Crippen LogP contribution in [0.4, 0.5) is 5.69 Å². The zero-order valence-corrected chi connectivity index (χ0v) is 15.3. The van der Waals surface area contributed by atoms with Crippen molar-refractivity contribution in [2.75, 3.05) is 0 Å². The number of nitro benzene ring substituents is 1. The van der Waals surface area contributed by atoms with Crippen LogP contribution in [0.5, 0.6) is 0 Å². The first-order chi connectivity index (χ1) is 13.0. The topological polar surface area (TPSA) is 87.3 Å². The molecule has 0 saturated carbocycles. The number of aromatic nitrogens is 2. The largest absolute Gasteiger partial charge is 0.458 e. The minimum atomic E-state index is -0.458. The summed E-state index contributed by atoms with van der Waals surface area (Å²) in [6.07, 6.45) is 1.81. The normalized spacial score (nSPS) is 11.7. The van der Waals surface area contributed by atoms with Gasteiger partial charge in [-0.1, -0.05) is 18.2 Å². The molecule has 0 aliphatic rings. The van der Waals surface area contributed by atoms with Gasteiger partial charge in [-0.15, -0.1) is 11.8 Å². The summed E-state index contributed by atoms with van der Waals surface area (Å²) in [5.41, 5.74) is 1.60. The number of hydrogen-bond donors (Lipinski definition) is 0. The SMILES string of the molecule is CC(Sc1ccc([N+](=O)[O-])cc1)C(=O)OCc1ccn(-c2ccccc2)n1. The highest BCUT2D eigenvalue weighted by atomic mass is 32.2. The molecule has 0 aliphatic carbocycles. The molecule has 0 amide bonds. The second kappa shape index (κ2) is 8.50. The number of nitrogens with zero attached hydrogens (tertiary/aromatic N) is 3. The fourth-order valence-corrected chi connectivity index (χ4v) is 3.19. The van der Waals surface area contributed by atoms with Crippen LogP contribution in [0.3, 0.4) is 0 Å². The fraction of sp³-hybridized carbons (Fsp3) is 0.158. The van der Waals surface area contributed by atoms with Crippen LogP contribution in [0.15, 0.2) is 71.8 Å². The average Bonchev–Trinajstić information content (AvgIpc) is 3.16. The van der Waals surface area contributed by atoms with Crippen LogP contribution in [-0.2, 0) is 16.1 Å². The zero-order chi connectivity index (χ0) is 19.2. The Labute approximate surface area is 160 Å². The van der Waals surface area contributed by atoms with Crippen LogP contribution in [0.2, 0.25) is 0 Å². The third kappa shape index (κ3) is 4.95. The maximum atomic E-state index is 12.2. The first kappa shape index (κ1) is 18.7. The molecule has 0 fully saturated rings. The summed E-state index contributed by atoms with van der Waals surface area (Å²) in [5.74, 6) is -0.368. The van der Waals surface area contributed by atoms with Gasteiger partial charge >= 0.3 is 5.97 Å². The Morgan fingerprint density at radius 2 is 1.89 bits per heavy atom. The smallest absolute Gasteiger partial charge is 0.319 e. The first-order valence-electron chi connectivity index (χ1n) is 8.20. The second-order valence-electron chi connectivity index (χ2n) is 5.71. The van der Waals surface area contributed by atoms with Crippen molar-refractivity contribution in [3.05, 3.63) is 82.7 Å². The van der Waals surface area contributed by atoms with Gasteiger partial charge in [0.25, 0.3) is 5.69 Å². The van der Waals surface area contributed by atoms with Crippen molar-refractivity contribution in [2.24, 2.45) is 0 Å². The van der Waals surface area contributed by atoms with Crippen LogP contribution >= 0.6 is 11.8 Å². The molecule has 7 nitrogen and oxygen atoms in total. The number of non-ortho nitro benzene ring substituents is 1. The summed E-state index contributed by atoms with van der Waals surface area (Å²) in [6.45, 7) is 1.82. The van der Waals surface area contributed by atoms with Gasteiger partial charge in [-0.3, -0.25) is 14.9 Å². The van der Waals surface area contributed by atoms with Crippen molar-refractivity contribution in [2.45, 2.75) is 23.7 Å². The average molecular weight is 383 g/mol. The second-order valence-corrected chi connectivity index (χ2v) is 7.12. The molecule has 2 aromatic carbocycles. The van der Waals surface area contributed by atoms with E-state index in [1.807, 2.05) is 36.5 Å². The van der Waals surface area contributed by atoms with Gasteiger partial charge in [0.15, 0.2) is 0 Å². The van der Waals surface area contributed by atoms with Gasteiger partial charge in [-0.25, -0.2) is 4.68 Å². The van der Waals surface area contributed by atoms with E-state index < -0.39 is 10.2 Å². The van der Waals surface area contributed by atoms with Crippen LogP contribution < -0.4 is 0 Å². The van der Waals surface area contributed by atoms with Crippen molar-refractivity contribution in [3.63, 3.8) is 0 Å². The summed E-state index contributed by atoms with van der Waals surface area (Å²) in [6, 6.07) is 17.5. The molecule has 0 N–H and O–H groups in total. The lowest BCUT2D eigenvalue weighted by molar-refractivity contribution is -0.384. The van der Waals surface area contributed by atoms with E-state index in [1.54, 1.807) is 29.8 Å². The van der Waals surface area contributed by atoms with E-state index in [1.165, 1.54) is 23.9 Å². The lowest BCUT2D eigenvalue weighted by Crippen LogP contribution is -2.17. The van der Waals surface area contributed by atoms with Crippen molar-refractivity contribution in [3.8, 4) is 5.69 Å². The first-order valence-corrected chi connectivity index (χ1v) is 9.08. The molecule has 1 aromatic heterocycles. The summed E-state index contributed by atoms with van der Waals surface area (Å²) in [5, 5.41) is 14.6. The number of para-hydroxylation sites is 1. The third-order valence-electron chi connectivity index (χ3n) is 3.72. The van der Waals surface area contributed by atoms with Crippen molar-refractivity contribution >= 4 is 23.4 Å². The van der Waals surface area contributed by atoms with Gasteiger partial charge in [0.2, 0.25) is 0 Å². The molecule has 3 rings (SSSR count). The van der Waals surface area contributed by atoms with E-state index in [-0.39, 0.29) is 18.3 Å². The molecule has 1 unspecified atom stereocenters. The molecule has 8 heteroatoms. The Morgan fingerprint density at radius 3 is 2.56 bits per heavy atom. The van der Waals surface area contributed by atoms with E-state index in [4.69, 9.17) is 4.74 Å². The van der Waals surface area contributed by atoms with Crippen molar-refractivity contribution in [1.29, 1.82) is 0 Å². The van der Waals surface area contributed by atoms with E-state index in [0.717, 1.165) is 10.6 Å². The van der Waals surface area contributed by atoms with Gasteiger partial charge in [-0.2, -0.15) is 5.10 Å². The molecule has 0 spiro atoms. The molecule has 1 heterocycles. The summed E-state index contributed by atoms with van der Waals surface area (Å²) in [7, 11) is 0. The molecule has 138 valence electrons. The molecule has 0 bridgehead atoms. The number of nitro groups is 1. The quantitative estimate of drug-likeness (QED) is 0.265. The predicted molar refractivity (Wildman–Crippen MR) is 102 cm³/mol. The molecular weight excluding hydrogens is 366 g/mol. The van der Waals surface area contributed by atoms with Gasteiger partial charge in [-0.05, 0) is 37.3 Å². The van der Waals surface area contributed by atoms with E-state index in [9.17, 15) is 14.9 Å². The van der Waals surface area contributed by atoms with Crippen LogP contribution in [0.1, 0.15) is 12.6 Å². The number of benzene rings is 2. The fourth-order valence-electron chi connectivity index (χ4n) is 2.32. The molecule has 27 heavy (non-hydrogen) atoms. The van der Waals surface area contributed by atoms with Crippen LogP contribution in [0.25, 0.3) is 5.69 Å². The minimum absolute atomic E-state index is 0.0172. The van der Waals surface area contributed by atoms with Crippen molar-refractivity contribution in [1.82, 2.24) is 9.78 Å².